The van der Waals surface area contributed by atoms with Crippen LogP contribution in [0.5, 0.6) is 5.75 Å². The summed E-state index contributed by atoms with van der Waals surface area (Å²) in [6.07, 6.45) is 5.21. The van der Waals surface area contributed by atoms with Gasteiger partial charge < -0.3 is 20.7 Å². The SMILES string of the molecule is COc1cc(NC(=O)C2CCCCC2(C)N)ccc1N1CCCC1=O. The summed E-state index contributed by atoms with van der Waals surface area (Å²) in [5, 5.41) is 2.97. The van der Waals surface area contributed by atoms with E-state index in [0.717, 1.165) is 37.8 Å². The van der Waals surface area contributed by atoms with Crippen LogP contribution >= 0.6 is 0 Å². The molecule has 3 N–H and O–H groups in total. The number of rotatable bonds is 4. The smallest absolute Gasteiger partial charge is 0.229 e. The zero-order valence-electron chi connectivity index (χ0n) is 15.0. The van der Waals surface area contributed by atoms with Crippen LogP contribution < -0.4 is 20.7 Å². The van der Waals surface area contributed by atoms with Gasteiger partial charge in [-0.1, -0.05) is 12.8 Å². The van der Waals surface area contributed by atoms with Gasteiger partial charge in [0.25, 0.3) is 0 Å². The normalized spacial score (nSPS) is 26.6. The van der Waals surface area contributed by atoms with E-state index in [1.807, 2.05) is 19.1 Å². The van der Waals surface area contributed by atoms with Crippen molar-refractivity contribution < 1.29 is 14.3 Å². The van der Waals surface area contributed by atoms with Crippen molar-refractivity contribution in [1.82, 2.24) is 0 Å². The van der Waals surface area contributed by atoms with Crippen LogP contribution in [0.2, 0.25) is 0 Å². The highest BCUT2D eigenvalue weighted by atomic mass is 16.5. The van der Waals surface area contributed by atoms with Gasteiger partial charge in [0, 0.05) is 30.3 Å². The number of hydrogen-bond donors (Lipinski definition) is 2. The summed E-state index contributed by atoms with van der Waals surface area (Å²) >= 11 is 0. The number of ether oxygens (including phenoxy) is 1. The molecule has 1 aromatic carbocycles. The summed E-state index contributed by atoms with van der Waals surface area (Å²) in [7, 11) is 1.57. The largest absolute Gasteiger partial charge is 0.494 e. The molecule has 6 nitrogen and oxygen atoms in total. The van der Waals surface area contributed by atoms with E-state index in [0.29, 0.717) is 24.4 Å². The molecule has 1 saturated carbocycles. The van der Waals surface area contributed by atoms with Crippen LogP contribution in [0.4, 0.5) is 11.4 Å². The van der Waals surface area contributed by atoms with Gasteiger partial charge in [-0.25, -0.2) is 0 Å². The monoisotopic (exact) mass is 345 g/mol. The number of carbonyl (C=O) groups is 2. The van der Waals surface area contributed by atoms with Crippen LogP contribution in [0, 0.1) is 5.92 Å². The number of amides is 2. The third-order valence-electron chi connectivity index (χ3n) is 5.38. The average Bonchev–Trinajstić information content (AvgIpc) is 3.00. The van der Waals surface area contributed by atoms with Crippen LogP contribution in [0.25, 0.3) is 0 Å². The number of methoxy groups -OCH3 is 1. The van der Waals surface area contributed by atoms with Crippen LogP contribution in [-0.2, 0) is 9.59 Å². The summed E-state index contributed by atoms with van der Waals surface area (Å²) in [6.45, 7) is 2.66. The summed E-state index contributed by atoms with van der Waals surface area (Å²) < 4.78 is 5.44. The maximum absolute atomic E-state index is 12.7. The second-order valence-corrected chi connectivity index (χ2v) is 7.33. The van der Waals surface area contributed by atoms with E-state index < -0.39 is 5.54 Å². The fourth-order valence-electron chi connectivity index (χ4n) is 3.90. The van der Waals surface area contributed by atoms with Gasteiger partial charge in [-0.15, -0.1) is 0 Å². The molecule has 6 heteroatoms. The first-order valence-electron chi connectivity index (χ1n) is 9.00. The summed E-state index contributed by atoms with van der Waals surface area (Å²) in [6, 6.07) is 5.42. The topological polar surface area (TPSA) is 84.7 Å². The Balaban J connectivity index is 1.77. The Morgan fingerprint density at radius 3 is 2.80 bits per heavy atom. The lowest BCUT2D eigenvalue weighted by molar-refractivity contribution is -0.122. The molecule has 2 fully saturated rings. The molecule has 1 saturated heterocycles. The highest BCUT2D eigenvalue weighted by Gasteiger charge is 2.37. The fourth-order valence-corrected chi connectivity index (χ4v) is 3.90. The predicted octanol–water partition coefficient (Wildman–Crippen LogP) is 2.67. The molecule has 25 heavy (non-hydrogen) atoms. The first kappa shape index (κ1) is 17.7. The quantitative estimate of drug-likeness (QED) is 0.878. The second-order valence-electron chi connectivity index (χ2n) is 7.33. The summed E-state index contributed by atoms with van der Waals surface area (Å²) in [4.78, 5) is 26.4. The lowest BCUT2D eigenvalue weighted by Crippen LogP contribution is -2.51. The third-order valence-corrected chi connectivity index (χ3v) is 5.38. The fraction of sp³-hybridized carbons (Fsp3) is 0.579. The van der Waals surface area contributed by atoms with Crippen molar-refractivity contribution in [2.45, 2.75) is 51.0 Å². The van der Waals surface area contributed by atoms with E-state index in [2.05, 4.69) is 5.32 Å². The lowest BCUT2D eigenvalue weighted by Gasteiger charge is -2.37. The maximum Gasteiger partial charge on any atom is 0.229 e. The minimum absolute atomic E-state index is 0.0447. The van der Waals surface area contributed by atoms with E-state index in [1.54, 1.807) is 18.1 Å². The molecule has 0 aromatic heterocycles. The number of anilines is 2. The van der Waals surface area contributed by atoms with E-state index in [-0.39, 0.29) is 17.7 Å². The first-order valence-corrected chi connectivity index (χ1v) is 9.00. The molecule has 3 rings (SSSR count). The number of nitrogens with two attached hydrogens (primary N) is 1. The van der Waals surface area contributed by atoms with Gasteiger partial charge in [0.05, 0.1) is 18.7 Å². The van der Waals surface area contributed by atoms with E-state index in [4.69, 9.17) is 10.5 Å². The molecule has 1 aliphatic heterocycles. The van der Waals surface area contributed by atoms with Crippen molar-refractivity contribution in [3.05, 3.63) is 18.2 Å². The summed E-state index contributed by atoms with van der Waals surface area (Å²) in [5.74, 6) is 0.465. The minimum atomic E-state index is -0.464. The molecule has 0 bridgehead atoms. The van der Waals surface area contributed by atoms with Gasteiger partial charge >= 0.3 is 0 Å². The molecule has 0 radical (unpaired) electrons. The molecule has 1 aliphatic carbocycles. The highest BCUT2D eigenvalue weighted by Crippen LogP contribution is 2.35. The van der Waals surface area contributed by atoms with E-state index >= 15 is 0 Å². The Kier molecular flexibility index (Phi) is 4.99. The zero-order valence-corrected chi connectivity index (χ0v) is 15.0. The third kappa shape index (κ3) is 3.63. The number of nitrogens with zero attached hydrogens (tertiary/aromatic N) is 1. The Morgan fingerprint density at radius 1 is 1.36 bits per heavy atom. The Bertz CT molecular complexity index is 672. The number of carbonyl (C=O) groups excluding carboxylic acids is 2. The van der Waals surface area contributed by atoms with Gasteiger partial charge in [-0.2, -0.15) is 0 Å². The van der Waals surface area contributed by atoms with Crippen molar-refractivity contribution in [3.8, 4) is 5.75 Å². The Hall–Kier alpha value is -2.08. The Morgan fingerprint density at radius 2 is 2.16 bits per heavy atom. The van der Waals surface area contributed by atoms with Gasteiger partial charge in [-0.3, -0.25) is 9.59 Å². The van der Waals surface area contributed by atoms with Gasteiger partial charge in [0.15, 0.2) is 0 Å². The molecular formula is C19H27N3O3. The maximum atomic E-state index is 12.7. The minimum Gasteiger partial charge on any atom is -0.494 e. The van der Waals surface area contributed by atoms with Gasteiger partial charge in [0.2, 0.25) is 11.8 Å². The van der Waals surface area contributed by atoms with Crippen LogP contribution in [-0.4, -0.2) is 31.0 Å². The van der Waals surface area contributed by atoms with Crippen molar-refractivity contribution in [1.29, 1.82) is 0 Å². The van der Waals surface area contributed by atoms with Crippen LogP contribution in [0.1, 0.15) is 45.4 Å². The Labute approximate surface area is 148 Å². The lowest BCUT2D eigenvalue weighted by atomic mass is 9.74. The molecule has 136 valence electrons. The van der Waals surface area contributed by atoms with Gasteiger partial charge in [0.1, 0.15) is 5.75 Å². The second kappa shape index (κ2) is 7.04. The van der Waals surface area contributed by atoms with Crippen molar-refractivity contribution in [2.75, 3.05) is 23.9 Å². The zero-order chi connectivity index (χ0) is 18.0. The standard InChI is InChI=1S/C19H27N3O3/c1-19(20)10-4-3-6-14(19)18(24)21-13-8-9-15(16(12-13)25-2)22-11-5-7-17(22)23/h8-9,12,14H,3-7,10-11,20H2,1-2H3,(H,21,24). The molecule has 1 heterocycles. The van der Waals surface area contributed by atoms with E-state index in [9.17, 15) is 9.59 Å². The predicted molar refractivity (Wildman–Crippen MR) is 97.8 cm³/mol. The van der Waals surface area contributed by atoms with Gasteiger partial charge in [-0.05, 0) is 38.3 Å². The van der Waals surface area contributed by atoms with Crippen LogP contribution in [0.15, 0.2) is 18.2 Å². The average molecular weight is 345 g/mol. The van der Waals surface area contributed by atoms with Crippen LogP contribution in [0.3, 0.4) is 0 Å². The molecule has 1 aromatic rings. The molecule has 2 atom stereocenters. The number of hydrogen-bond acceptors (Lipinski definition) is 4. The molecule has 0 spiro atoms. The molecule has 2 unspecified atom stereocenters. The van der Waals surface area contributed by atoms with Crippen molar-refractivity contribution in [3.63, 3.8) is 0 Å². The molecular weight excluding hydrogens is 318 g/mol. The first-order chi connectivity index (χ1) is 11.9. The highest BCUT2D eigenvalue weighted by molar-refractivity contribution is 5.98. The number of nitrogens with one attached hydrogen (secondary N) is 1. The summed E-state index contributed by atoms with van der Waals surface area (Å²) in [5.41, 5.74) is 7.28. The number of benzene rings is 1. The van der Waals surface area contributed by atoms with E-state index in [1.165, 1.54) is 0 Å². The molecule has 2 amide bonds. The van der Waals surface area contributed by atoms with Crippen molar-refractivity contribution in [2.24, 2.45) is 11.7 Å². The molecule has 2 aliphatic rings. The van der Waals surface area contributed by atoms with Crippen molar-refractivity contribution >= 4 is 23.2 Å².